The van der Waals surface area contributed by atoms with Gasteiger partial charge < -0.3 is 10.2 Å². The fourth-order valence-electron chi connectivity index (χ4n) is 7.38. The lowest BCUT2D eigenvalue weighted by Crippen LogP contribution is -2.60. The van der Waals surface area contributed by atoms with E-state index in [0.29, 0.717) is 17.9 Å². The Balaban J connectivity index is 1.67. The van der Waals surface area contributed by atoms with Crippen LogP contribution in [-0.2, 0) is 11.8 Å². The average molecular weight is 354 g/mol. The van der Waals surface area contributed by atoms with Gasteiger partial charge in [-0.15, -0.1) is 0 Å². The number of aromatic nitrogens is 1. The molecule has 4 heteroatoms. The molecule has 3 N–H and O–H groups in total. The summed E-state index contributed by atoms with van der Waals surface area (Å²) in [6.07, 6.45) is 5.76. The van der Waals surface area contributed by atoms with Gasteiger partial charge in [-0.05, 0) is 71.8 Å². The second-order valence-corrected chi connectivity index (χ2v) is 10.2. The highest BCUT2D eigenvalue weighted by Gasteiger charge is 2.62. The van der Waals surface area contributed by atoms with Gasteiger partial charge in [0, 0.05) is 11.6 Å². The first-order chi connectivity index (χ1) is 12.2. The maximum absolute atomic E-state index is 11.8. The highest BCUT2D eigenvalue weighted by atomic mass is 16.4. The van der Waals surface area contributed by atoms with Gasteiger partial charge in [0.2, 0.25) is 0 Å². The van der Waals surface area contributed by atoms with Crippen LogP contribution in [0.1, 0.15) is 64.5 Å². The molecule has 0 aliphatic heterocycles. The van der Waals surface area contributed by atoms with Crippen molar-refractivity contribution in [2.75, 3.05) is 0 Å². The molecular weight excluding hydrogens is 324 g/mol. The van der Waals surface area contributed by atoms with Gasteiger partial charge in [-0.2, -0.15) is 0 Å². The van der Waals surface area contributed by atoms with Crippen molar-refractivity contribution < 1.29 is 4.42 Å². The lowest BCUT2D eigenvalue weighted by atomic mass is 9.43. The maximum Gasteiger partial charge on any atom is 0.417 e. The summed E-state index contributed by atoms with van der Waals surface area (Å²) in [6.45, 7) is 9.73. The third-order valence-electron chi connectivity index (χ3n) is 8.88. The van der Waals surface area contributed by atoms with E-state index in [0.717, 1.165) is 23.9 Å². The number of benzene rings is 1. The number of oxazole rings is 1. The summed E-state index contributed by atoms with van der Waals surface area (Å²) in [5.74, 6) is 0.892. The van der Waals surface area contributed by atoms with Crippen LogP contribution in [0.4, 0.5) is 0 Å². The molecule has 5 atom stereocenters. The SMILES string of the molecule is CC12CCC3C(C)(C)C(N)CCC3(C)C1Cc1c2ccc2[nH]c(=O)oc12. The Labute approximate surface area is 154 Å². The van der Waals surface area contributed by atoms with Crippen LogP contribution in [0.15, 0.2) is 21.3 Å². The summed E-state index contributed by atoms with van der Waals surface area (Å²) in [4.78, 5) is 14.6. The second kappa shape index (κ2) is 4.83. The van der Waals surface area contributed by atoms with Gasteiger partial charge in [-0.25, -0.2) is 4.79 Å². The summed E-state index contributed by atoms with van der Waals surface area (Å²) in [7, 11) is 0. The fourth-order valence-corrected chi connectivity index (χ4v) is 7.38. The van der Waals surface area contributed by atoms with Gasteiger partial charge in [-0.1, -0.05) is 33.8 Å². The summed E-state index contributed by atoms with van der Waals surface area (Å²) < 4.78 is 5.56. The maximum atomic E-state index is 11.8. The number of H-pyrrole nitrogens is 1. The molecule has 3 aliphatic carbocycles. The van der Waals surface area contributed by atoms with Crippen LogP contribution in [0.2, 0.25) is 0 Å². The first kappa shape index (κ1) is 16.6. The van der Waals surface area contributed by atoms with Crippen molar-refractivity contribution in [2.24, 2.45) is 28.4 Å². The molecule has 0 amide bonds. The number of fused-ring (bicyclic) bond motifs is 7. The number of hydrogen-bond acceptors (Lipinski definition) is 3. The van der Waals surface area contributed by atoms with E-state index in [1.807, 2.05) is 6.07 Å². The fraction of sp³-hybridized carbons (Fsp3) is 0.682. The molecule has 1 heterocycles. The zero-order valence-corrected chi connectivity index (χ0v) is 16.3. The quantitative estimate of drug-likeness (QED) is 0.748. The topological polar surface area (TPSA) is 72.0 Å². The van der Waals surface area contributed by atoms with Crippen LogP contribution in [0.3, 0.4) is 0 Å². The van der Waals surface area contributed by atoms with Crippen LogP contribution in [0, 0.1) is 22.7 Å². The van der Waals surface area contributed by atoms with Crippen molar-refractivity contribution in [3.8, 4) is 0 Å². The third-order valence-corrected chi connectivity index (χ3v) is 8.88. The Morgan fingerprint density at radius 2 is 1.88 bits per heavy atom. The second-order valence-electron chi connectivity index (χ2n) is 10.2. The zero-order valence-electron chi connectivity index (χ0n) is 16.3. The smallest absolute Gasteiger partial charge is 0.408 e. The molecule has 1 aromatic carbocycles. The standard InChI is InChI=1S/C22H30N2O2/c1-20(2)15-7-9-21(3)13-5-6-14-18(26-19(25)24-14)12(13)11-16(21)22(15,4)10-8-17(20)23/h5-6,15-17H,7-11,23H2,1-4H3,(H,24,25). The van der Waals surface area contributed by atoms with E-state index in [-0.39, 0.29) is 22.0 Å². The Hall–Kier alpha value is -1.55. The zero-order chi connectivity index (χ0) is 18.5. The summed E-state index contributed by atoms with van der Waals surface area (Å²) in [5, 5.41) is 0. The molecule has 2 fully saturated rings. The van der Waals surface area contributed by atoms with E-state index in [9.17, 15) is 4.79 Å². The van der Waals surface area contributed by atoms with Crippen LogP contribution >= 0.6 is 0 Å². The van der Waals surface area contributed by atoms with Crippen molar-refractivity contribution in [3.05, 3.63) is 33.8 Å². The lowest BCUT2D eigenvalue weighted by molar-refractivity contribution is -0.107. The summed E-state index contributed by atoms with van der Waals surface area (Å²) in [6, 6.07) is 4.57. The Kier molecular flexibility index (Phi) is 3.09. The molecule has 5 rings (SSSR count). The van der Waals surface area contributed by atoms with E-state index in [1.165, 1.54) is 30.4 Å². The first-order valence-corrected chi connectivity index (χ1v) is 10.1. The van der Waals surface area contributed by atoms with Gasteiger partial charge in [0.05, 0.1) is 5.52 Å². The van der Waals surface area contributed by atoms with Gasteiger partial charge in [0.25, 0.3) is 0 Å². The largest absolute Gasteiger partial charge is 0.417 e. The predicted octanol–water partition coefficient (Wildman–Crippen LogP) is 4.11. The molecular formula is C22H30N2O2. The minimum absolute atomic E-state index is 0.169. The number of aromatic amines is 1. The molecule has 5 unspecified atom stereocenters. The summed E-state index contributed by atoms with van der Waals surface area (Å²) >= 11 is 0. The molecule has 4 nitrogen and oxygen atoms in total. The number of nitrogens with two attached hydrogens (primary N) is 1. The predicted molar refractivity (Wildman–Crippen MR) is 103 cm³/mol. The molecule has 0 saturated heterocycles. The first-order valence-electron chi connectivity index (χ1n) is 10.1. The number of nitrogens with one attached hydrogen (secondary N) is 1. The van der Waals surface area contributed by atoms with Crippen molar-refractivity contribution in [3.63, 3.8) is 0 Å². The highest BCUT2D eigenvalue weighted by Crippen LogP contribution is 2.67. The lowest BCUT2D eigenvalue weighted by Gasteiger charge is -2.62. The molecule has 2 saturated carbocycles. The molecule has 140 valence electrons. The molecule has 3 aliphatic rings. The van der Waals surface area contributed by atoms with Crippen LogP contribution < -0.4 is 11.5 Å². The van der Waals surface area contributed by atoms with Crippen molar-refractivity contribution >= 4 is 11.1 Å². The Bertz CT molecular complexity index is 955. The Morgan fingerprint density at radius 3 is 2.65 bits per heavy atom. The van der Waals surface area contributed by atoms with E-state index in [4.69, 9.17) is 10.2 Å². The molecule has 0 spiro atoms. The van der Waals surface area contributed by atoms with E-state index >= 15 is 0 Å². The number of rotatable bonds is 0. The van der Waals surface area contributed by atoms with Crippen molar-refractivity contribution in [1.82, 2.24) is 4.98 Å². The Morgan fingerprint density at radius 1 is 1.12 bits per heavy atom. The molecule has 2 aromatic rings. The molecule has 26 heavy (non-hydrogen) atoms. The highest BCUT2D eigenvalue weighted by molar-refractivity contribution is 5.79. The number of hydrogen-bond donors (Lipinski definition) is 2. The van der Waals surface area contributed by atoms with Gasteiger partial charge in [0.1, 0.15) is 0 Å². The summed E-state index contributed by atoms with van der Waals surface area (Å²) in [5.41, 5.74) is 11.5. The molecule has 0 radical (unpaired) electrons. The van der Waals surface area contributed by atoms with Gasteiger partial charge in [-0.3, -0.25) is 4.98 Å². The van der Waals surface area contributed by atoms with Crippen molar-refractivity contribution in [1.29, 1.82) is 0 Å². The van der Waals surface area contributed by atoms with Crippen LogP contribution in [-0.4, -0.2) is 11.0 Å². The molecule has 0 bridgehead atoms. The van der Waals surface area contributed by atoms with E-state index in [1.54, 1.807) is 0 Å². The minimum atomic E-state index is -0.345. The minimum Gasteiger partial charge on any atom is -0.408 e. The molecule has 1 aromatic heterocycles. The van der Waals surface area contributed by atoms with Crippen molar-refractivity contribution in [2.45, 2.75) is 71.3 Å². The third kappa shape index (κ3) is 1.81. The van der Waals surface area contributed by atoms with Crippen LogP contribution in [0.25, 0.3) is 11.1 Å². The van der Waals surface area contributed by atoms with Gasteiger partial charge >= 0.3 is 5.76 Å². The van der Waals surface area contributed by atoms with E-state index in [2.05, 4.69) is 38.7 Å². The monoisotopic (exact) mass is 354 g/mol. The average Bonchev–Trinajstić information content (AvgIpc) is 3.09. The van der Waals surface area contributed by atoms with E-state index < -0.39 is 0 Å². The normalized spacial score (nSPS) is 40.9. The van der Waals surface area contributed by atoms with Gasteiger partial charge in [0.15, 0.2) is 5.58 Å². The van der Waals surface area contributed by atoms with Crippen LogP contribution in [0.5, 0.6) is 0 Å².